The van der Waals surface area contributed by atoms with Gasteiger partial charge in [0.1, 0.15) is 0 Å². The average molecular weight is 449 g/mol. The van der Waals surface area contributed by atoms with Crippen LogP contribution in [0.15, 0.2) is 30.3 Å². The maximum Gasteiger partial charge on any atom is 2.00 e. The Hall–Kier alpha value is 0.388. The van der Waals surface area contributed by atoms with Crippen molar-refractivity contribution in [2.24, 2.45) is 5.73 Å². The third-order valence-corrected chi connectivity index (χ3v) is 5.79. The summed E-state index contributed by atoms with van der Waals surface area (Å²) in [6.45, 7) is 0. The third kappa shape index (κ3) is 4.04. The van der Waals surface area contributed by atoms with Gasteiger partial charge in [0.2, 0.25) is 0 Å². The third-order valence-electron chi connectivity index (χ3n) is 2.78. The Labute approximate surface area is 113 Å². The SMILES string of the molecule is NC1CCCCC1[Se+]c1ccccc1.[Pt+2]. The maximum absolute atomic E-state index is 6.14. The Morgan fingerprint density at radius 3 is 2.40 bits per heavy atom. The molecule has 1 aliphatic carbocycles. The zero-order chi connectivity index (χ0) is 9.80. The van der Waals surface area contributed by atoms with Crippen LogP contribution in [0.25, 0.3) is 0 Å². The zero-order valence-corrected chi connectivity index (χ0v) is 12.7. The predicted octanol–water partition coefficient (Wildman–Crippen LogP) is 1.70. The zero-order valence-electron chi connectivity index (χ0n) is 8.67. The standard InChI is InChI=1S/C12H17NSe.Pt/c13-11-8-4-5-9-12(11)14-10-6-2-1-3-7-10;/h1-3,6-7,11-12H,4-5,8-9,13H2;/q+1;+2. The number of benzene rings is 1. The Balaban J connectivity index is 0.00000112. The Morgan fingerprint density at radius 2 is 1.73 bits per heavy atom. The average Bonchev–Trinajstić information content (AvgIpc) is 2.23. The van der Waals surface area contributed by atoms with E-state index in [0.717, 1.165) is 4.82 Å². The first-order valence-corrected chi connectivity index (χ1v) is 7.18. The summed E-state index contributed by atoms with van der Waals surface area (Å²) in [5.41, 5.74) is 6.14. The van der Waals surface area contributed by atoms with Crippen molar-refractivity contribution in [1.29, 1.82) is 0 Å². The summed E-state index contributed by atoms with van der Waals surface area (Å²) in [5.74, 6) is 0. The minimum atomic E-state index is 0. The van der Waals surface area contributed by atoms with Gasteiger partial charge in [0.15, 0.2) is 0 Å². The van der Waals surface area contributed by atoms with Crippen LogP contribution in [0.4, 0.5) is 0 Å². The molecule has 1 saturated carbocycles. The summed E-state index contributed by atoms with van der Waals surface area (Å²) >= 11 is 0.584. The van der Waals surface area contributed by atoms with Gasteiger partial charge in [0, 0.05) is 0 Å². The molecule has 0 heterocycles. The fourth-order valence-corrected chi connectivity index (χ4v) is 4.59. The van der Waals surface area contributed by atoms with Gasteiger partial charge in [0.25, 0.3) is 0 Å². The monoisotopic (exact) mass is 450 g/mol. The molecule has 2 atom stereocenters. The summed E-state index contributed by atoms with van der Waals surface area (Å²) in [6, 6.07) is 11.3. The largest absolute Gasteiger partial charge is 2.00 e. The van der Waals surface area contributed by atoms with E-state index in [1.165, 1.54) is 30.1 Å². The van der Waals surface area contributed by atoms with Crippen molar-refractivity contribution in [2.75, 3.05) is 0 Å². The molecule has 2 unspecified atom stereocenters. The van der Waals surface area contributed by atoms with Gasteiger partial charge < -0.3 is 0 Å². The van der Waals surface area contributed by atoms with E-state index in [2.05, 4.69) is 30.3 Å². The van der Waals surface area contributed by atoms with Crippen molar-refractivity contribution in [3.63, 3.8) is 0 Å². The molecule has 2 N–H and O–H groups in total. The first-order valence-electron chi connectivity index (χ1n) is 5.33. The van der Waals surface area contributed by atoms with E-state index < -0.39 is 0 Å². The molecule has 1 aliphatic rings. The van der Waals surface area contributed by atoms with E-state index in [1.807, 2.05) is 0 Å². The quantitative estimate of drug-likeness (QED) is 0.684. The van der Waals surface area contributed by atoms with Crippen LogP contribution in [-0.4, -0.2) is 21.0 Å². The molecule has 1 aromatic carbocycles. The molecule has 1 aromatic rings. The molecule has 3 heteroatoms. The van der Waals surface area contributed by atoms with Gasteiger partial charge in [-0.3, -0.25) is 0 Å². The van der Waals surface area contributed by atoms with E-state index in [1.54, 1.807) is 0 Å². The van der Waals surface area contributed by atoms with Crippen LogP contribution in [0.2, 0.25) is 4.82 Å². The molecule has 0 bridgehead atoms. The van der Waals surface area contributed by atoms with Crippen molar-refractivity contribution >= 4 is 19.4 Å². The second-order valence-electron chi connectivity index (χ2n) is 3.92. The fourth-order valence-electron chi connectivity index (χ4n) is 1.95. The predicted molar refractivity (Wildman–Crippen MR) is 62.0 cm³/mol. The van der Waals surface area contributed by atoms with Gasteiger partial charge in [-0.25, -0.2) is 0 Å². The minimum absolute atomic E-state index is 0. The molecule has 0 aromatic heterocycles. The number of hydrogen-bond donors (Lipinski definition) is 1. The van der Waals surface area contributed by atoms with Crippen LogP contribution in [0, 0.1) is 0 Å². The minimum Gasteiger partial charge on any atom is 2.00 e. The molecule has 0 aliphatic heterocycles. The molecule has 83 valence electrons. The topological polar surface area (TPSA) is 26.0 Å². The summed E-state index contributed by atoms with van der Waals surface area (Å²) < 4.78 is 1.50. The first-order chi connectivity index (χ1) is 6.86. The summed E-state index contributed by atoms with van der Waals surface area (Å²) in [6.07, 6.45) is 5.30. The van der Waals surface area contributed by atoms with Crippen molar-refractivity contribution in [1.82, 2.24) is 0 Å². The summed E-state index contributed by atoms with van der Waals surface area (Å²) in [5, 5.41) is 0. The van der Waals surface area contributed by atoms with E-state index in [0.29, 0.717) is 21.0 Å². The number of rotatable bonds is 2. The van der Waals surface area contributed by atoms with Crippen molar-refractivity contribution in [2.45, 2.75) is 36.5 Å². The molecule has 2 rings (SSSR count). The molecule has 1 nitrogen and oxygen atoms in total. The van der Waals surface area contributed by atoms with Crippen LogP contribution in [-0.2, 0) is 21.1 Å². The van der Waals surface area contributed by atoms with Crippen LogP contribution < -0.4 is 10.2 Å². The molecule has 1 fully saturated rings. The summed E-state index contributed by atoms with van der Waals surface area (Å²) in [7, 11) is 0. The van der Waals surface area contributed by atoms with E-state index in [-0.39, 0.29) is 21.1 Å². The van der Waals surface area contributed by atoms with Crippen LogP contribution in [0.5, 0.6) is 0 Å². The van der Waals surface area contributed by atoms with Gasteiger partial charge in [-0.05, 0) is 0 Å². The molecular formula is C12H17NPtSe+3. The smallest absolute Gasteiger partial charge is 2.00 e. The molecule has 0 spiro atoms. The van der Waals surface area contributed by atoms with Gasteiger partial charge in [0.05, 0.1) is 0 Å². The Morgan fingerprint density at radius 1 is 1.07 bits per heavy atom. The normalized spacial score (nSPS) is 25.7. The van der Waals surface area contributed by atoms with E-state index in [4.69, 9.17) is 5.73 Å². The van der Waals surface area contributed by atoms with E-state index >= 15 is 0 Å². The fraction of sp³-hybridized carbons (Fsp3) is 0.500. The molecule has 0 amide bonds. The maximum atomic E-state index is 6.14. The van der Waals surface area contributed by atoms with E-state index in [9.17, 15) is 0 Å². The van der Waals surface area contributed by atoms with Crippen molar-refractivity contribution < 1.29 is 21.1 Å². The van der Waals surface area contributed by atoms with Crippen molar-refractivity contribution in [3.8, 4) is 0 Å². The molecule has 0 saturated heterocycles. The molecular weight excluding hydrogens is 432 g/mol. The second-order valence-corrected chi connectivity index (χ2v) is 6.67. The molecule has 15 heavy (non-hydrogen) atoms. The van der Waals surface area contributed by atoms with Gasteiger partial charge in [-0.1, -0.05) is 0 Å². The molecule has 1 radical (unpaired) electrons. The number of nitrogens with two attached hydrogens (primary N) is 1. The van der Waals surface area contributed by atoms with Crippen LogP contribution in [0.3, 0.4) is 0 Å². The summed E-state index contributed by atoms with van der Waals surface area (Å²) in [4.78, 5) is 0.777. The van der Waals surface area contributed by atoms with Gasteiger partial charge in [-0.15, -0.1) is 0 Å². The first kappa shape index (κ1) is 13.5. The van der Waals surface area contributed by atoms with Crippen LogP contribution >= 0.6 is 0 Å². The van der Waals surface area contributed by atoms with Crippen LogP contribution in [0.1, 0.15) is 25.7 Å². The Bertz CT molecular complexity index is 278. The van der Waals surface area contributed by atoms with Gasteiger partial charge in [-0.2, -0.15) is 0 Å². The number of hydrogen-bond acceptors (Lipinski definition) is 1. The second kappa shape index (κ2) is 6.86. The Kier molecular flexibility index (Phi) is 6.15. The van der Waals surface area contributed by atoms with Gasteiger partial charge >= 0.3 is 113 Å². The van der Waals surface area contributed by atoms with Crippen molar-refractivity contribution in [3.05, 3.63) is 30.3 Å².